The Bertz CT molecular complexity index is 909. The van der Waals surface area contributed by atoms with Crippen LogP contribution in [0.2, 0.25) is 5.02 Å². The molecule has 2 aromatic carbocycles. The largest absolute Gasteiger partial charge is 0.326 e. The molecule has 1 saturated heterocycles. The van der Waals surface area contributed by atoms with E-state index in [1.807, 2.05) is 37.3 Å². The van der Waals surface area contributed by atoms with Crippen LogP contribution < -0.4 is 5.32 Å². The van der Waals surface area contributed by atoms with Gasteiger partial charge in [-0.25, -0.2) is 0 Å². The highest BCUT2D eigenvalue weighted by Crippen LogP contribution is 2.32. The van der Waals surface area contributed by atoms with Crippen molar-refractivity contribution < 1.29 is 9.59 Å². The minimum Gasteiger partial charge on any atom is -0.326 e. The number of rotatable bonds is 5. The molecule has 2 aromatic rings. The van der Waals surface area contributed by atoms with Gasteiger partial charge in [-0.3, -0.25) is 14.5 Å². The predicted octanol–water partition coefficient (Wildman–Crippen LogP) is 4.88. The number of thioether (sulfide) groups is 1. The Hall–Kier alpha value is -2.15. The standard InChI is InChI=1S/C20H17ClN2O2S2/c1-13-2-4-14(5-3-13)12-17-19(25)23(20(26)27-17)11-10-18(24)22-16-8-6-15(21)7-9-16/h2-9,12H,10-11H2,1H3,(H,22,24)/b17-12-. The number of anilines is 1. The summed E-state index contributed by atoms with van der Waals surface area (Å²) in [4.78, 5) is 26.8. The molecule has 27 heavy (non-hydrogen) atoms. The summed E-state index contributed by atoms with van der Waals surface area (Å²) < 4.78 is 0.470. The molecule has 0 atom stereocenters. The molecule has 0 aromatic heterocycles. The molecule has 0 unspecified atom stereocenters. The van der Waals surface area contributed by atoms with Crippen molar-refractivity contribution in [3.05, 3.63) is 69.6 Å². The number of carbonyl (C=O) groups is 2. The van der Waals surface area contributed by atoms with Gasteiger partial charge < -0.3 is 5.32 Å². The average Bonchev–Trinajstić information content (AvgIpc) is 2.90. The van der Waals surface area contributed by atoms with E-state index in [9.17, 15) is 9.59 Å². The van der Waals surface area contributed by atoms with Crippen molar-refractivity contribution in [2.75, 3.05) is 11.9 Å². The predicted molar refractivity (Wildman–Crippen MR) is 116 cm³/mol. The summed E-state index contributed by atoms with van der Waals surface area (Å²) in [7, 11) is 0. The fourth-order valence-corrected chi connectivity index (χ4v) is 3.91. The van der Waals surface area contributed by atoms with Crippen molar-refractivity contribution in [2.45, 2.75) is 13.3 Å². The first-order valence-electron chi connectivity index (χ1n) is 8.30. The van der Waals surface area contributed by atoms with E-state index in [-0.39, 0.29) is 24.8 Å². The van der Waals surface area contributed by atoms with Gasteiger partial charge in [0.15, 0.2) is 0 Å². The number of nitrogens with zero attached hydrogens (tertiary/aromatic N) is 1. The van der Waals surface area contributed by atoms with Crippen LogP contribution in [0.5, 0.6) is 0 Å². The first-order valence-corrected chi connectivity index (χ1v) is 9.90. The Labute approximate surface area is 172 Å². The van der Waals surface area contributed by atoms with Crippen LogP contribution in [-0.2, 0) is 9.59 Å². The maximum absolute atomic E-state index is 12.6. The van der Waals surface area contributed by atoms with Crippen LogP contribution in [0.3, 0.4) is 0 Å². The summed E-state index contributed by atoms with van der Waals surface area (Å²) in [6, 6.07) is 14.8. The zero-order chi connectivity index (χ0) is 19.4. The number of amides is 2. The molecule has 1 N–H and O–H groups in total. The van der Waals surface area contributed by atoms with Crippen molar-refractivity contribution in [1.82, 2.24) is 4.90 Å². The van der Waals surface area contributed by atoms with Gasteiger partial charge in [0, 0.05) is 23.7 Å². The van der Waals surface area contributed by atoms with Crippen molar-refractivity contribution in [3.63, 3.8) is 0 Å². The number of hydrogen-bond donors (Lipinski definition) is 1. The molecule has 1 heterocycles. The molecule has 3 rings (SSSR count). The second kappa shape index (κ2) is 8.69. The molecular weight excluding hydrogens is 400 g/mol. The number of hydrogen-bond acceptors (Lipinski definition) is 4. The lowest BCUT2D eigenvalue weighted by molar-refractivity contribution is -0.122. The summed E-state index contributed by atoms with van der Waals surface area (Å²) in [6.45, 7) is 2.26. The lowest BCUT2D eigenvalue weighted by Crippen LogP contribution is -2.31. The monoisotopic (exact) mass is 416 g/mol. The van der Waals surface area contributed by atoms with E-state index in [0.29, 0.717) is 19.9 Å². The molecular formula is C20H17ClN2O2S2. The van der Waals surface area contributed by atoms with E-state index in [1.165, 1.54) is 16.7 Å². The average molecular weight is 417 g/mol. The molecule has 4 nitrogen and oxygen atoms in total. The van der Waals surface area contributed by atoms with Gasteiger partial charge in [-0.05, 0) is 42.8 Å². The summed E-state index contributed by atoms with van der Waals surface area (Å²) in [5.41, 5.74) is 2.77. The van der Waals surface area contributed by atoms with Crippen LogP contribution in [0.4, 0.5) is 5.69 Å². The second-order valence-corrected chi connectivity index (χ2v) is 8.16. The van der Waals surface area contributed by atoms with Crippen LogP contribution in [0, 0.1) is 6.92 Å². The van der Waals surface area contributed by atoms with Crippen LogP contribution in [0.1, 0.15) is 17.5 Å². The first kappa shape index (κ1) is 19.6. The van der Waals surface area contributed by atoms with Gasteiger partial charge in [0.2, 0.25) is 5.91 Å². The van der Waals surface area contributed by atoms with Crippen LogP contribution >= 0.6 is 35.6 Å². The number of nitrogens with one attached hydrogen (secondary N) is 1. The minimum absolute atomic E-state index is 0.160. The third-order valence-electron chi connectivity index (χ3n) is 3.94. The van der Waals surface area contributed by atoms with Gasteiger partial charge in [0.25, 0.3) is 5.91 Å². The molecule has 1 aliphatic heterocycles. The van der Waals surface area contributed by atoms with Crippen molar-refractivity contribution in [1.29, 1.82) is 0 Å². The van der Waals surface area contributed by atoms with E-state index < -0.39 is 0 Å². The van der Waals surface area contributed by atoms with Crippen molar-refractivity contribution in [2.24, 2.45) is 0 Å². The quantitative estimate of drug-likeness (QED) is 0.557. The van der Waals surface area contributed by atoms with Gasteiger partial charge in [0.05, 0.1) is 4.91 Å². The van der Waals surface area contributed by atoms with E-state index in [0.717, 1.165) is 11.1 Å². The molecule has 0 aliphatic carbocycles. The van der Waals surface area contributed by atoms with Gasteiger partial charge >= 0.3 is 0 Å². The fraction of sp³-hybridized carbons (Fsp3) is 0.150. The molecule has 1 fully saturated rings. The summed E-state index contributed by atoms with van der Waals surface area (Å²) >= 11 is 12.4. The molecule has 0 spiro atoms. The number of benzene rings is 2. The highest BCUT2D eigenvalue weighted by atomic mass is 35.5. The summed E-state index contributed by atoms with van der Waals surface area (Å²) in [6.07, 6.45) is 1.99. The minimum atomic E-state index is -0.186. The summed E-state index contributed by atoms with van der Waals surface area (Å²) in [5, 5.41) is 3.38. The second-order valence-electron chi connectivity index (χ2n) is 6.05. The Morgan fingerprint density at radius 2 is 1.85 bits per heavy atom. The third kappa shape index (κ3) is 5.19. The molecule has 138 valence electrons. The topological polar surface area (TPSA) is 49.4 Å². The van der Waals surface area contributed by atoms with Gasteiger partial charge in [-0.1, -0.05) is 65.4 Å². The summed E-state index contributed by atoms with van der Waals surface area (Å²) in [5.74, 6) is -0.348. The van der Waals surface area contributed by atoms with E-state index in [1.54, 1.807) is 24.3 Å². The molecule has 0 radical (unpaired) electrons. The molecule has 1 aliphatic rings. The van der Waals surface area contributed by atoms with Gasteiger partial charge in [-0.2, -0.15) is 0 Å². The SMILES string of the molecule is Cc1ccc(/C=C2\SC(=S)N(CCC(=O)Nc3ccc(Cl)cc3)C2=O)cc1. The highest BCUT2D eigenvalue weighted by molar-refractivity contribution is 8.26. The molecule has 0 saturated carbocycles. The molecule has 0 bridgehead atoms. The Kier molecular flexibility index (Phi) is 6.31. The zero-order valence-corrected chi connectivity index (χ0v) is 17.0. The van der Waals surface area contributed by atoms with Crippen LogP contribution in [0.25, 0.3) is 6.08 Å². The molecule has 2 amide bonds. The zero-order valence-electron chi connectivity index (χ0n) is 14.6. The number of halogens is 1. The number of aryl methyl sites for hydroxylation is 1. The Balaban J connectivity index is 1.59. The van der Waals surface area contributed by atoms with E-state index in [2.05, 4.69) is 5.32 Å². The maximum atomic E-state index is 12.6. The van der Waals surface area contributed by atoms with Crippen LogP contribution in [-0.4, -0.2) is 27.6 Å². The number of carbonyl (C=O) groups excluding carboxylic acids is 2. The van der Waals surface area contributed by atoms with Gasteiger partial charge in [-0.15, -0.1) is 0 Å². The smallest absolute Gasteiger partial charge is 0.266 e. The highest BCUT2D eigenvalue weighted by Gasteiger charge is 2.32. The lowest BCUT2D eigenvalue weighted by Gasteiger charge is -2.14. The number of thiocarbonyl (C=S) groups is 1. The fourth-order valence-electron chi connectivity index (χ4n) is 2.48. The van der Waals surface area contributed by atoms with Gasteiger partial charge in [0.1, 0.15) is 4.32 Å². The normalized spacial score (nSPS) is 15.5. The Morgan fingerprint density at radius 1 is 1.19 bits per heavy atom. The lowest BCUT2D eigenvalue weighted by atomic mass is 10.1. The first-order chi connectivity index (χ1) is 12.9. The Morgan fingerprint density at radius 3 is 2.52 bits per heavy atom. The van der Waals surface area contributed by atoms with E-state index in [4.69, 9.17) is 23.8 Å². The van der Waals surface area contributed by atoms with E-state index >= 15 is 0 Å². The maximum Gasteiger partial charge on any atom is 0.266 e. The van der Waals surface area contributed by atoms with Crippen LogP contribution in [0.15, 0.2) is 53.4 Å². The molecule has 7 heteroatoms. The van der Waals surface area contributed by atoms with Crippen molar-refractivity contribution >= 4 is 63.5 Å². The van der Waals surface area contributed by atoms with Crippen molar-refractivity contribution in [3.8, 4) is 0 Å². The third-order valence-corrected chi connectivity index (χ3v) is 5.57.